The maximum Gasteiger partial charge on any atom is 0.108 e. The SMILES string of the molecule is CN(C)c1cccc(CN=C2Nc3ccccc3CC23CCSCC3)c1. The fraction of sp³-hybridized carbons (Fsp3) is 0.409. The lowest BCUT2D eigenvalue weighted by Gasteiger charge is -2.42. The molecule has 2 aliphatic rings. The van der Waals surface area contributed by atoms with Gasteiger partial charge < -0.3 is 10.2 Å². The number of aliphatic imine (C=N–C) groups is 1. The smallest absolute Gasteiger partial charge is 0.108 e. The van der Waals surface area contributed by atoms with Crippen molar-refractivity contribution < 1.29 is 0 Å². The molecule has 26 heavy (non-hydrogen) atoms. The zero-order valence-electron chi connectivity index (χ0n) is 15.7. The Balaban J connectivity index is 1.64. The number of amidine groups is 1. The van der Waals surface area contributed by atoms with Crippen LogP contribution in [0.3, 0.4) is 0 Å². The van der Waals surface area contributed by atoms with E-state index < -0.39 is 0 Å². The predicted molar refractivity (Wildman–Crippen MR) is 115 cm³/mol. The van der Waals surface area contributed by atoms with Crippen molar-refractivity contribution in [1.82, 2.24) is 0 Å². The maximum absolute atomic E-state index is 5.11. The van der Waals surface area contributed by atoms with Gasteiger partial charge >= 0.3 is 0 Å². The molecule has 4 rings (SSSR count). The Bertz CT molecular complexity index is 807. The summed E-state index contributed by atoms with van der Waals surface area (Å²) < 4.78 is 0. The largest absolute Gasteiger partial charge is 0.378 e. The summed E-state index contributed by atoms with van der Waals surface area (Å²) in [7, 11) is 4.17. The lowest BCUT2D eigenvalue weighted by atomic mass is 9.73. The zero-order valence-corrected chi connectivity index (χ0v) is 16.5. The lowest BCUT2D eigenvalue weighted by molar-refractivity contribution is 0.377. The van der Waals surface area contributed by atoms with Crippen molar-refractivity contribution in [3.05, 3.63) is 59.7 Å². The van der Waals surface area contributed by atoms with E-state index in [9.17, 15) is 0 Å². The molecule has 4 heteroatoms. The van der Waals surface area contributed by atoms with Gasteiger partial charge in [0.1, 0.15) is 5.84 Å². The fourth-order valence-electron chi connectivity index (χ4n) is 3.99. The summed E-state index contributed by atoms with van der Waals surface area (Å²) in [6, 6.07) is 17.4. The van der Waals surface area contributed by atoms with Crippen molar-refractivity contribution in [1.29, 1.82) is 0 Å². The zero-order chi connectivity index (χ0) is 18.0. The second-order valence-electron chi connectivity index (χ2n) is 7.58. The van der Waals surface area contributed by atoms with Crippen LogP contribution >= 0.6 is 11.8 Å². The number of benzene rings is 2. The Kier molecular flexibility index (Phi) is 4.94. The summed E-state index contributed by atoms with van der Waals surface area (Å²) in [5.74, 6) is 3.67. The number of fused-ring (bicyclic) bond motifs is 1. The van der Waals surface area contributed by atoms with Crippen molar-refractivity contribution in [3.8, 4) is 0 Å². The molecule has 2 heterocycles. The lowest BCUT2D eigenvalue weighted by Crippen LogP contribution is -2.44. The third kappa shape index (κ3) is 3.48. The first-order valence-corrected chi connectivity index (χ1v) is 10.6. The Labute approximate surface area is 160 Å². The minimum Gasteiger partial charge on any atom is -0.378 e. The molecule has 0 unspecified atom stereocenters. The molecule has 0 aliphatic carbocycles. The van der Waals surface area contributed by atoms with Crippen molar-refractivity contribution in [2.45, 2.75) is 25.8 Å². The molecule has 0 amide bonds. The molecule has 1 saturated heterocycles. The predicted octanol–water partition coefficient (Wildman–Crippen LogP) is 4.83. The van der Waals surface area contributed by atoms with E-state index in [0.29, 0.717) is 0 Å². The number of nitrogens with one attached hydrogen (secondary N) is 1. The van der Waals surface area contributed by atoms with Crippen LogP contribution in [0.4, 0.5) is 11.4 Å². The van der Waals surface area contributed by atoms with E-state index in [1.165, 1.54) is 52.7 Å². The van der Waals surface area contributed by atoms with Crippen LogP contribution in [0, 0.1) is 5.41 Å². The van der Waals surface area contributed by atoms with E-state index in [4.69, 9.17) is 4.99 Å². The first-order chi connectivity index (χ1) is 12.7. The number of nitrogens with zero attached hydrogens (tertiary/aromatic N) is 2. The van der Waals surface area contributed by atoms with Gasteiger partial charge in [0.15, 0.2) is 0 Å². The number of para-hydroxylation sites is 1. The Morgan fingerprint density at radius 2 is 1.88 bits per heavy atom. The molecule has 0 aromatic heterocycles. The highest BCUT2D eigenvalue weighted by molar-refractivity contribution is 7.99. The summed E-state index contributed by atoms with van der Waals surface area (Å²) >= 11 is 2.08. The van der Waals surface area contributed by atoms with Gasteiger partial charge in [0.25, 0.3) is 0 Å². The van der Waals surface area contributed by atoms with Gasteiger partial charge in [-0.2, -0.15) is 11.8 Å². The van der Waals surface area contributed by atoms with Crippen LogP contribution in [0.15, 0.2) is 53.5 Å². The fourth-order valence-corrected chi connectivity index (χ4v) is 5.27. The standard InChI is InChI=1S/C22H27N3S/c1-25(2)19-8-5-6-17(14-19)16-23-21-22(10-12-26-13-11-22)15-18-7-3-4-9-20(18)24-21/h3-9,14H,10-13,15-16H2,1-2H3,(H,23,24). The van der Waals surface area contributed by atoms with Gasteiger partial charge in [0, 0.05) is 30.9 Å². The minimum atomic E-state index is 0.193. The molecule has 1 fully saturated rings. The molecular weight excluding hydrogens is 338 g/mol. The Morgan fingerprint density at radius 3 is 2.69 bits per heavy atom. The molecular formula is C22H27N3S. The van der Waals surface area contributed by atoms with Crippen molar-refractivity contribution in [2.75, 3.05) is 35.8 Å². The normalized spacial score (nSPS) is 19.8. The van der Waals surface area contributed by atoms with Crippen LogP contribution in [0.25, 0.3) is 0 Å². The van der Waals surface area contributed by atoms with E-state index >= 15 is 0 Å². The van der Waals surface area contributed by atoms with Gasteiger partial charge in [-0.05, 0) is 60.1 Å². The quantitative estimate of drug-likeness (QED) is 0.844. The molecule has 0 saturated carbocycles. The molecule has 0 bridgehead atoms. The van der Waals surface area contributed by atoms with Crippen LogP contribution in [-0.2, 0) is 13.0 Å². The molecule has 3 nitrogen and oxygen atoms in total. The van der Waals surface area contributed by atoms with E-state index in [2.05, 4.69) is 84.6 Å². The monoisotopic (exact) mass is 365 g/mol. The van der Waals surface area contributed by atoms with Crippen LogP contribution in [0.5, 0.6) is 0 Å². The second-order valence-corrected chi connectivity index (χ2v) is 8.81. The Hall–Kier alpha value is -1.94. The first kappa shape index (κ1) is 17.5. The first-order valence-electron chi connectivity index (χ1n) is 9.40. The highest BCUT2D eigenvalue weighted by Gasteiger charge is 2.41. The van der Waals surface area contributed by atoms with E-state index in [0.717, 1.165) is 13.0 Å². The number of hydrogen-bond acceptors (Lipinski definition) is 3. The van der Waals surface area contributed by atoms with Gasteiger partial charge in [-0.25, -0.2) is 0 Å². The van der Waals surface area contributed by atoms with E-state index in [1.54, 1.807) is 0 Å². The van der Waals surface area contributed by atoms with Gasteiger partial charge in [0.2, 0.25) is 0 Å². The van der Waals surface area contributed by atoms with Crippen molar-refractivity contribution in [2.24, 2.45) is 10.4 Å². The third-order valence-electron chi connectivity index (χ3n) is 5.60. The average molecular weight is 366 g/mol. The molecule has 2 aliphatic heterocycles. The summed E-state index contributed by atoms with van der Waals surface area (Å²) in [5.41, 5.74) is 5.36. The number of rotatable bonds is 3. The minimum absolute atomic E-state index is 0.193. The molecule has 2 aromatic carbocycles. The summed E-state index contributed by atoms with van der Waals surface area (Å²) in [6.45, 7) is 0.737. The molecule has 2 aromatic rings. The molecule has 0 atom stereocenters. The van der Waals surface area contributed by atoms with Crippen LogP contribution in [0.2, 0.25) is 0 Å². The number of thioether (sulfide) groups is 1. The molecule has 1 spiro atoms. The second kappa shape index (κ2) is 7.36. The summed E-state index contributed by atoms with van der Waals surface area (Å²) in [4.78, 5) is 7.25. The Morgan fingerprint density at radius 1 is 1.08 bits per heavy atom. The van der Waals surface area contributed by atoms with Crippen molar-refractivity contribution >= 4 is 29.0 Å². The van der Waals surface area contributed by atoms with Gasteiger partial charge in [-0.1, -0.05) is 30.3 Å². The molecule has 136 valence electrons. The van der Waals surface area contributed by atoms with Gasteiger partial charge in [0.05, 0.1) is 6.54 Å². The molecule has 1 N–H and O–H groups in total. The highest BCUT2D eigenvalue weighted by atomic mass is 32.2. The van der Waals surface area contributed by atoms with E-state index in [1.807, 2.05) is 0 Å². The number of hydrogen-bond donors (Lipinski definition) is 1. The maximum atomic E-state index is 5.11. The summed E-state index contributed by atoms with van der Waals surface area (Å²) in [6.07, 6.45) is 3.55. The average Bonchev–Trinajstić information content (AvgIpc) is 2.67. The van der Waals surface area contributed by atoms with Gasteiger partial charge in [-0.3, -0.25) is 4.99 Å². The summed E-state index contributed by atoms with van der Waals surface area (Å²) in [5, 5.41) is 3.70. The van der Waals surface area contributed by atoms with E-state index in [-0.39, 0.29) is 5.41 Å². The van der Waals surface area contributed by atoms with Crippen molar-refractivity contribution in [3.63, 3.8) is 0 Å². The van der Waals surface area contributed by atoms with Gasteiger partial charge in [-0.15, -0.1) is 0 Å². The third-order valence-corrected chi connectivity index (χ3v) is 6.58. The topological polar surface area (TPSA) is 27.6 Å². The van der Waals surface area contributed by atoms with Crippen LogP contribution < -0.4 is 10.2 Å². The van der Waals surface area contributed by atoms with Crippen LogP contribution in [0.1, 0.15) is 24.0 Å². The highest BCUT2D eigenvalue weighted by Crippen LogP contribution is 2.44. The number of anilines is 2. The van der Waals surface area contributed by atoms with Crippen LogP contribution in [-0.4, -0.2) is 31.4 Å². The molecule has 0 radical (unpaired) electrons.